The zero-order chi connectivity index (χ0) is 24.3. The first-order chi connectivity index (χ1) is 16.2. The Balaban J connectivity index is 1.44. The average molecular weight is 498 g/mol. The molecule has 0 aliphatic carbocycles. The Morgan fingerprint density at radius 3 is 2.26 bits per heavy atom. The van der Waals surface area contributed by atoms with Gasteiger partial charge in [0, 0.05) is 24.1 Å². The monoisotopic (exact) mass is 497 g/mol. The van der Waals surface area contributed by atoms with Gasteiger partial charge in [-0.25, -0.2) is 8.42 Å². The van der Waals surface area contributed by atoms with Gasteiger partial charge in [0.05, 0.1) is 22.2 Å². The van der Waals surface area contributed by atoms with Gasteiger partial charge in [-0.3, -0.25) is 24.0 Å². The number of carbonyl (C=O) groups is 3. The Morgan fingerprint density at radius 1 is 0.912 bits per heavy atom. The number of rotatable bonds is 7. The maximum Gasteiger partial charge on any atom is 0.262 e. The normalized spacial score (nSPS) is 13.7. The summed E-state index contributed by atoms with van der Waals surface area (Å²) >= 11 is 6.04. The number of benzene rings is 3. The molecule has 34 heavy (non-hydrogen) atoms. The van der Waals surface area contributed by atoms with Crippen molar-refractivity contribution in [3.05, 3.63) is 88.9 Å². The summed E-state index contributed by atoms with van der Waals surface area (Å²) in [6.07, 6.45) is 0.448. The molecule has 0 saturated carbocycles. The third kappa shape index (κ3) is 5.27. The number of likely N-dealkylation sites (tertiary alicyclic amines) is 1. The molecule has 3 aromatic carbocycles. The number of halogens is 1. The van der Waals surface area contributed by atoms with Gasteiger partial charge in [0.15, 0.2) is 0 Å². The first kappa shape index (κ1) is 23.5. The molecular weight excluding hydrogens is 478 g/mol. The Kier molecular flexibility index (Phi) is 6.67. The van der Waals surface area contributed by atoms with Crippen LogP contribution in [0.1, 0.15) is 28.8 Å². The lowest BCUT2D eigenvalue weighted by molar-refractivity contribution is -0.139. The van der Waals surface area contributed by atoms with Crippen LogP contribution in [0.25, 0.3) is 0 Å². The van der Waals surface area contributed by atoms with E-state index in [1.165, 1.54) is 23.1 Å². The molecule has 1 saturated heterocycles. The number of para-hydroxylation sites is 1. The van der Waals surface area contributed by atoms with Crippen LogP contribution in [0.2, 0.25) is 5.02 Å². The smallest absolute Gasteiger partial charge is 0.262 e. The van der Waals surface area contributed by atoms with Crippen LogP contribution in [0.4, 0.5) is 11.4 Å². The minimum absolute atomic E-state index is 0.0412. The lowest BCUT2D eigenvalue weighted by Gasteiger charge is -2.14. The number of amides is 3. The second-order valence-corrected chi connectivity index (χ2v) is 9.73. The van der Waals surface area contributed by atoms with Crippen molar-refractivity contribution in [1.82, 2.24) is 4.90 Å². The highest BCUT2D eigenvalue weighted by Crippen LogP contribution is 2.25. The molecule has 1 aliphatic heterocycles. The topological polar surface area (TPSA) is 113 Å². The minimum Gasteiger partial charge on any atom is -0.322 e. The van der Waals surface area contributed by atoms with Crippen molar-refractivity contribution in [2.24, 2.45) is 0 Å². The van der Waals surface area contributed by atoms with Crippen LogP contribution >= 0.6 is 11.6 Å². The SMILES string of the molecule is O=C(Nc1cccc(S(=O)(=O)Nc2ccccc2Cl)c1)c1ccc(CN2C(=O)CCC2=O)cc1. The zero-order valence-electron chi connectivity index (χ0n) is 17.8. The zero-order valence-corrected chi connectivity index (χ0v) is 19.4. The van der Waals surface area contributed by atoms with Crippen molar-refractivity contribution in [2.75, 3.05) is 10.0 Å². The van der Waals surface area contributed by atoms with Crippen LogP contribution in [-0.2, 0) is 26.2 Å². The Morgan fingerprint density at radius 2 is 1.59 bits per heavy atom. The lowest BCUT2D eigenvalue weighted by Crippen LogP contribution is -2.28. The van der Waals surface area contributed by atoms with Crippen molar-refractivity contribution in [3.8, 4) is 0 Å². The fraction of sp³-hybridized carbons (Fsp3) is 0.125. The summed E-state index contributed by atoms with van der Waals surface area (Å²) < 4.78 is 27.9. The molecule has 1 aliphatic rings. The van der Waals surface area contributed by atoms with Gasteiger partial charge in [-0.1, -0.05) is 41.9 Å². The first-order valence-corrected chi connectivity index (χ1v) is 12.2. The van der Waals surface area contributed by atoms with Crippen molar-refractivity contribution in [1.29, 1.82) is 0 Å². The van der Waals surface area contributed by atoms with Crippen LogP contribution < -0.4 is 10.0 Å². The summed E-state index contributed by atoms with van der Waals surface area (Å²) in [6.45, 7) is 0.165. The second kappa shape index (κ2) is 9.66. The van der Waals surface area contributed by atoms with E-state index in [9.17, 15) is 22.8 Å². The van der Waals surface area contributed by atoms with E-state index < -0.39 is 15.9 Å². The number of anilines is 2. The third-order valence-electron chi connectivity index (χ3n) is 5.23. The van der Waals surface area contributed by atoms with Gasteiger partial charge >= 0.3 is 0 Å². The fourth-order valence-electron chi connectivity index (χ4n) is 3.44. The maximum absolute atomic E-state index is 12.8. The molecule has 3 aromatic rings. The molecule has 0 aromatic heterocycles. The third-order valence-corrected chi connectivity index (χ3v) is 6.92. The highest BCUT2D eigenvalue weighted by atomic mass is 35.5. The predicted octanol–water partition coefficient (Wildman–Crippen LogP) is 4.04. The molecule has 0 bridgehead atoms. The summed E-state index contributed by atoms with van der Waals surface area (Å²) in [4.78, 5) is 37.4. The molecule has 174 valence electrons. The van der Waals surface area contributed by atoms with E-state index in [0.717, 1.165) is 5.56 Å². The van der Waals surface area contributed by atoms with Gasteiger partial charge in [-0.2, -0.15) is 0 Å². The Bertz CT molecular complexity index is 1360. The van der Waals surface area contributed by atoms with E-state index in [1.807, 2.05) is 0 Å². The number of hydrogen-bond acceptors (Lipinski definition) is 5. The number of sulfonamides is 1. The number of hydrogen-bond donors (Lipinski definition) is 2. The summed E-state index contributed by atoms with van der Waals surface area (Å²) in [7, 11) is -3.93. The first-order valence-electron chi connectivity index (χ1n) is 10.3. The molecule has 1 fully saturated rings. The molecule has 2 N–H and O–H groups in total. The van der Waals surface area contributed by atoms with E-state index in [2.05, 4.69) is 10.0 Å². The Labute approximate surface area is 201 Å². The van der Waals surface area contributed by atoms with Gasteiger partial charge in [-0.15, -0.1) is 0 Å². The van der Waals surface area contributed by atoms with Crippen molar-refractivity contribution < 1.29 is 22.8 Å². The second-order valence-electron chi connectivity index (χ2n) is 7.64. The fourth-order valence-corrected chi connectivity index (χ4v) is 4.80. The Hall–Kier alpha value is -3.69. The molecule has 0 unspecified atom stereocenters. The molecule has 0 atom stereocenters. The van der Waals surface area contributed by atoms with E-state index in [0.29, 0.717) is 11.3 Å². The van der Waals surface area contributed by atoms with Crippen LogP contribution in [-0.4, -0.2) is 31.0 Å². The number of nitrogens with one attached hydrogen (secondary N) is 2. The van der Waals surface area contributed by atoms with E-state index in [-0.39, 0.29) is 46.8 Å². The number of carbonyl (C=O) groups excluding carboxylic acids is 3. The maximum atomic E-state index is 12.8. The van der Waals surface area contributed by atoms with Gasteiger partial charge in [0.1, 0.15) is 0 Å². The van der Waals surface area contributed by atoms with Gasteiger partial charge in [0.25, 0.3) is 15.9 Å². The van der Waals surface area contributed by atoms with Crippen molar-refractivity contribution in [3.63, 3.8) is 0 Å². The molecule has 8 nitrogen and oxygen atoms in total. The van der Waals surface area contributed by atoms with Crippen LogP contribution in [0.5, 0.6) is 0 Å². The van der Waals surface area contributed by atoms with Crippen LogP contribution in [0.15, 0.2) is 77.7 Å². The molecule has 1 heterocycles. The largest absolute Gasteiger partial charge is 0.322 e. The lowest BCUT2D eigenvalue weighted by atomic mass is 10.1. The summed E-state index contributed by atoms with van der Waals surface area (Å²) in [6, 6.07) is 18.8. The summed E-state index contributed by atoms with van der Waals surface area (Å²) in [5.74, 6) is -0.843. The van der Waals surface area contributed by atoms with Gasteiger partial charge in [0.2, 0.25) is 11.8 Å². The minimum atomic E-state index is -3.93. The predicted molar refractivity (Wildman–Crippen MR) is 128 cm³/mol. The summed E-state index contributed by atoms with van der Waals surface area (Å²) in [5, 5.41) is 2.94. The van der Waals surface area contributed by atoms with E-state index >= 15 is 0 Å². The molecule has 10 heteroatoms. The molecule has 3 amide bonds. The standard InChI is InChI=1S/C24H20ClN3O5S/c25-20-6-1-2-7-21(20)27-34(32,33)19-5-3-4-18(14-19)26-24(31)17-10-8-16(9-11-17)15-28-22(29)12-13-23(28)30/h1-11,14,27H,12-13,15H2,(H,26,31). The molecule has 4 rings (SSSR count). The number of imide groups is 1. The molecular formula is C24H20ClN3O5S. The van der Waals surface area contributed by atoms with E-state index in [1.54, 1.807) is 54.6 Å². The van der Waals surface area contributed by atoms with Crippen LogP contribution in [0.3, 0.4) is 0 Å². The highest BCUT2D eigenvalue weighted by molar-refractivity contribution is 7.92. The molecule has 0 spiro atoms. The van der Waals surface area contributed by atoms with Crippen LogP contribution in [0, 0.1) is 0 Å². The molecule has 0 radical (unpaired) electrons. The van der Waals surface area contributed by atoms with E-state index in [4.69, 9.17) is 11.6 Å². The highest BCUT2D eigenvalue weighted by Gasteiger charge is 2.28. The van der Waals surface area contributed by atoms with Crippen molar-refractivity contribution >= 4 is 50.7 Å². The average Bonchev–Trinajstić information content (AvgIpc) is 3.13. The van der Waals surface area contributed by atoms with Gasteiger partial charge < -0.3 is 5.32 Å². The summed E-state index contributed by atoms with van der Waals surface area (Å²) in [5.41, 5.74) is 1.60. The number of nitrogens with zero attached hydrogens (tertiary/aromatic N) is 1. The quantitative estimate of drug-likeness (QED) is 0.478. The van der Waals surface area contributed by atoms with Gasteiger partial charge in [-0.05, 0) is 48.0 Å². The van der Waals surface area contributed by atoms with Crippen molar-refractivity contribution in [2.45, 2.75) is 24.3 Å².